The summed E-state index contributed by atoms with van der Waals surface area (Å²) in [6, 6.07) is 1.77. The van der Waals surface area contributed by atoms with Crippen LogP contribution in [0.5, 0.6) is 0 Å². The lowest BCUT2D eigenvalue weighted by atomic mass is 10.2. The van der Waals surface area contributed by atoms with Gasteiger partial charge in [-0.15, -0.1) is 0 Å². The number of furan rings is 1. The molecular weight excluding hydrogens is 246 g/mol. The molecule has 1 aromatic rings. The van der Waals surface area contributed by atoms with Crippen molar-refractivity contribution >= 4 is 11.9 Å². The van der Waals surface area contributed by atoms with Crippen LogP contribution in [0.25, 0.3) is 0 Å². The van der Waals surface area contributed by atoms with E-state index in [2.05, 4.69) is 5.32 Å². The van der Waals surface area contributed by atoms with Gasteiger partial charge in [-0.25, -0.2) is 4.79 Å². The fraction of sp³-hybridized carbons (Fsp3) is 0.571. The molecule has 1 aliphatic rings. The van der Waals surface area contributed by atoms with Crippen molar-refractivity contribution in [3.05, 3.63) is 23.2 Å². The van der Waals surface area contributed by atoms with Crippen LogP contribution < -0.4 is 5.32 Å². The van der Waals surface area contributed by atoms with E-state index in [1.54, 1.807) is 19.9 Å². The number of esters is 1. The molecule has 1 saturated carbocycles. The van der Waals surface area contributed by atoms with Crippen LogP contribution in [0.2, 0.25) is 0 Å². The van der Waals surface area contributed by atoms with E-state index in [1.165, 1.54) is 0 Å². The lowest BCUT2D eigenvalue weighted by Gasteiger charge is -2.12. The van der Waals surface area contributed by atoms with Crippen LogP contribution in [0.15, 0.2) is 10.5 Å². The lowest BCUT2D eigenvalue weighted by molar-refractivity contribution is -0.125. The third-order valence-corrected chi connectivity index (χ3v) is 3.31. The number of hydrogen-bond acceptors (Lipinski definition) is 4. The normalized spacial score (nSPS) is 15.9. The summed E-state index contributed by atoms with van der Waals surface area (Å²) in [6.45, 7) is 5.17. The van der Waals surface area contributed by atoms with Gasteiger partial charge in [0, 0.05) is 6.04 Å². The Morgan fingerprint density at radius 2 is 2.16 bits per heavy atom. The van der Waals surface area contributed by atoms with Gasteiger partial charge >= 0.3 is 5.97 Å². The first-order valence-electron chi connectivity index (χ1n) is 6.51. The molecule has 0 aliphatic heterocycles. The minimum Gasteiger partial charge on any atom is -0.466 e. The van der Waals surface area contributed by atoms with Gasteiger partial charge < -0.3 is 14.5 Å². The van der Waals surface area contributed by atoms with E-state index < -0.39 is 5.97 Å². The molecule has 0 saturated heterocycles. The Morgan fingerprint density at radius 3 is 2.68 bits per heavy atom. The second kappa shape index (κ2) is 5.47. The van der Waals surface area contributed by atoms with Crippen LogP contribution in [-0.2, 0) is 9.53 Å². The largest absolute Gasteiger partial charge is 0.466 e. The molecule has 1 N–H and O–H groups in total. The summed E-state index contributed by atoms with van der Waals surface area (Å²) in [6.07, 6.45) is 2.32. The molecule has 19 heavy (non-hydrogen) atoms. The predicted octanol–water partition coefficient (Wildman–Crippen LogP) is 1.97. The first-order chi connectivity index (χ1) is 8.97. The van der Waals surface area contributed by atoms with E-state index in [0.717, 1.165) is 12.8 Å². The summed E-state index contributed by atoms with van der Waals surface area (Å²) in [5, 5.41) is 2.83. The molecule has 1 heterocycles. The number of aryl methyl sites for hydroxylation is 2. The maximum atomic E-state index is 11.8. The minimum atomic E-state index is -0.524. The van der Waals surface area contributed by atoms with E-state index in [4.69, 9.17) is 9.15 Å². The standard InChI is InChI=1S/C14H19NO4/c1-8-6-12(10(3)19-8)14(17)18-7-13(16)15-9(2)11-4-5-11/h6,9,11H,4-5,7H2,1-3H3,(H,15,16)/t9-/m0/s1. The molecular formula is C14H19NO4. The third-order valence-electron chi connectivity index (χ3n) is 3.31. The molecule has 5 nitrogen and oxygen atoms in total. The van der Waals surface area contributed by atoms with Crippen LogP contribution in [0.3, 0.4) is 0 Å². The van der Waals surface area contributed by atoms with E-state index in [1.807, 2.05) is 6.92 Å². The van der Waals surface area contributed by atoms with Gasteiger partial charge in [0.2, 0.25) is 0 Å². The van der Waals surface area contributed by atoms with Crippen molar-refractivity contribution in [3.8, 4) is 0 Å². The topological polar surface area (TPSA) is 68.5 Å². The third kappa shape index (κ3) is 3.59. The molecule has 1 amide bonds. The summed E-state index contributed by atoms with van der Waals surface area (Å²) < 4.78 is 10.2. The van der Waals surface area contributed by atoms with Crippen molar-refractivity contribution in [2.45, 2.75) is 39.7 Å². The van der Waals surface area contributed by atoms with Crippen LogP contribution in [0.1, 0.15) is 41.6 Å². The molecule has 1 aromatic heterocycles. The van der Waals surface area contributed by atoms with Crippen LogP contribution in [-0.4, -0.2) is 24.5 Å². The van der Waals surface area contributed by atoms with Crippen LogP contribution >= 0.6 is 0 Å². The van der Waals surface area contributed by atoms with Crippen LogP contribution in [0.4, 0.5) is 0 Å². The van der Waals surface area contributed by atoms with Crippen molar-refractivity contribution < 1.29 is 18.7 Å². The van der Waals surface area contributed by atoms with Gasteiger partial charge in [0.05, 0.1) is 0 Å². The van der Waals surface area contributed by atoms with Gasteiger partial charge in [0.15, 0.2) is 6.61 Å². The number of carbonyl (C=O) groups excluding carboxylic acids is 2. The van der Waals surface area contributed by atoms with Crippen molar-refractivity contribution in [3.63, 3.8) is 0 Å². The summed E-state index contributed by atoms with van der Waals surface area (Å²) in [5.74, 6) is 0.957. The molecule has 1 atom stereocenters. The van der Waals surface area contributed by atoms with Gasteiger partial charge in [-0.3, -0.25) is 4.79 Å². The first kappa shape index (κ1) is 13.6. The molecule has 0 spiro atoms. The molecule has 104 valence electrons. The van der Waals surface area contributed by atoms with Crippen molar-refractivity contribution in [2.75, 3.05) is 6.61 Å². The average molecular weight is 265 g/mol. The Labute approximate surface area is 112 Å². The van der Waals surface area contributed by atoms with Gasteiger partial charge in [-0.2, -0.15) is 0 Å². The van der Waals surface area contributed by atoms with Crippen molar-refractivity contribution in [1.82, 2.24) is 5.32 Å². The zero-order valence-electron chi connectivity index (χ0n) is 11.5. The Bertz CT molecular complexity index is 488. The van der Waals surface area contributed by atoms with E-state index >= 15 is 0 Å². The second-order valence-electron chi connectivity index (χ2n) is 5.10. The number of nitrogens with one attached hydrogen (secondary N) is 1. The number of amides is 1. The summed E-state index contributed by atoms with van der Waals surface area (Å²) in [4.78, 5) is 23.4. The molecule has 0 radical (unpaired) electrons. The molecule has 0 bridgehead atoms. The number of carbonyl (C=O) groups is 2. The van der Waals surface area contributed by atoms with Gasteiger partial charge in [0.25, 0.3) is 5.91 Å². The highest BCUT2D eigenvalue weighted by Crippen LogP contribution is 2.32. The predicted molar refractivity (Wildman–Crippen MR) is 68.8 cm³/mol. The van der Waals surface area contributed by atoms with E-state index in [-0.39, 0.29) is 18.6 Å². The number of hydrogen-bond donors (Lipinski definition) is 1. The Hall–Kier alpha value is -1.78. The molecule has 1 fully saturated rings. The lowest BCUT2D eigenvalue weighted by Crippen LogP contribution is -2.37. The van der Waals surface area contributed by atoms with Crippen LogP contribution in [0, 0.1) is 19.8 Å². The Kier molecular flexibility index (Phi) is 3.93. The number of ether oxygens (including phenoxy) is 1. The zero-order valence-corrected chi connectivity index (χ0v) is 11.5. The smallest absolute Gasteiger partial charge is 0.342 e. The minimum absolute atomic E-state index is 0.157. The monoisotopic (exact) mass is 265 g/mol. The van der Waals surface area contributed by atoms with Crippen molar-refractivity contribution in [2.24, 2.45) is 5.92 Å². The van der Waals surface area contributed by atoms with Gasteiger partial charge in [0.1, 0.15) is 17.1 Å². The zero-order chi connectivity index (χ0) is 14.0. The SMILES string of the molecule is Cc1cc(C(=O)OCC(=O)N[C@@H](C)C2CC2)c(C)o1. The maximum absolute atomic E-state index is 11.8. The van der Waals surface area contributed by atoms with E-state index in [0.29, 0.717) is 23.0 Å². The molecule has 2 rings (SSSR count). The molecule has 5 heteroatoms. The summed E-state index contributed by atoms with van der Waals surface area (Å²) in [5.41, 5.74) is 0.376. The Balaban J connectivity index is 1.79. The average Bonchev–Trinajstić information content (AvgIpc) is 3.12. The first-order valence-corrected chi connectivity index (χ1v) is 6.51. The Morgan fingerprint density at radius 1 is 1.47 bits per heavy atom. The summed E-state index contributed by atoms with van der Waals surface area (Å²) in [7, 11) is 0. The fourth-order valence-electron chi connectivity index (χ4n) is 2.05. The molecule has 1 aliphatic carbocycles. The maximum Gasteiger partial charge on any atom is 0.342 e. The van der Waals surface area contributed by atoms with E-state index in [9.17, 15) is 9.59 Å². The van der Waals surface area contributed by atoms with Crippen molar-refractivity contribution in [1.29, 1.82) is 0 Å². The van der Waals surface area contributed by atoms with Gasteiger partial charge in [-0.05, 0) is 45.6 Å². The highest BCUT2D eigenvalue weighted by Gasteiger charge is 2.29. The molecule has 0 aromatic carbocycles. The van der Waals surface area contributed by atoms with Gasteiger partial charge in [-0.1, -0.05) is 0 Å². The highest BCUT2D eigenvalue weighted by atomic mass is 16.5. The quantitative estimate of drug-likeness (QED) is 0.826. The summed E-state index contributed by atoms with van der Waals surface area (Å²) >= 11 is 0. The fourth-order valence-corrected chi connectivity index (χ4v) is 2.05. The second-order valence-corrected chi connectivity index (χ2v) is 5.10. The molecule has 0 unspecified atom stereocenters. The highest BCUT2D eigenvalue weighted by molar-refractivity contribution is 5.92. The number of rotatable bonds is 5.